The molecule has 1 saturated heterocycles. The van der Waals surface area contributed by atoms with Crippen LogP contribution >= 0.6 is 0 Å². The fraction of sp³-hybridized carbons (Fsp3) is 0.455. The first-order valence-corrected chi connectivity index (χ1v) is 9.91. The topological polar surface area (TPSA) is 64.8 Å². The van der Waals surface area contributed by atoms with Gasteiger partial charge in [-0.15, -0.1) is 0 Å². The Balaban J connectivity index is 1.65. The second kappa shape index (κ2) is 6.87. The summed E-state index contributed by atoms with van der Waals surface area (Å²) >= 11 is 0. The van der Waals surface area contributed by atoms with Crippen molar-refractivity contribution in [1.82, 2.24) is 20.1 Å². The molecule has 142 valence electrons. The minimum Gasteiger partial charge on any atom is -0.350 e. The predicted molar refractivity (Wildman–Crippen MR) is 108 cm³/mol. The van der Waals surface area contributed by atoms with Crippen molar-refractivity contribution < 1.29 is 4.79 Å². The minimum atomic E-state index is 0.116. The number of H-pyrrole nitrogens is 2. The van der Waals surface area contributed by atoms with Gasteiger partial charge in [0.05, 0.1) is 6.20 Å². The number of nitrogens with zero attached hydrogens (tertiary/aromatic N) is 2. The summed E-state index contributed by atoms with van der Waals surface area (Å²) in [6.07, 6.45) is 5.01. The average Bonchev–Trinajstić information content (AvgIpc) is 3.29. The van der Waals surface area contributed by atoms with Crippen LogP contribution < -0.4 is 0 Å². The summed E-state index contributed by atoms with van der Waals surface area (Å²) in [6, 6.07) is 4.25. The third-order valence-electron chi connectivity index (χ3n) is 6.08. The zero-order valence-electron chi connectivity index (χ0n) is 16.6. The number of amides is 1. The van der Waals surface area contributed by atoms with Gasteiger partial charge in [-0.05, 0) is 62.3 Å². The van der Waals surface area contributed by atoms with Gasteiger partial charge in [0.1, 0.15) is 5.69 Å². The largest absolute Gasteiger partial charge is 0.350 e. The van der Waals surface area contributed by atoms with Crippen LogP contribution in [0.25, 0.3) is 10.9 Å². The van der Waals surface area contributed by atoms with Crippen molar-refractivity contribution in [2.75, 3.05) is 13.1 Å². The lowest BCUT2D eigenvalue weighted by molar-refractivity contribution is 0.0700. The van der Waals surface area contributed by atoms with Crippen molar-refractivity contribution >= 4 is 16.8 Å². The van der Waals surface area contributed by atoms with Crippen molar-refractivity contribution in [1.29, 1.82) is 0 Å². The van der Waals surface area contributed by atoms with E-state index in [9.17, 15) is 4.79 Å². The monoisotopic (exact) mass is 364 g/mol. The van der Waals surface area contributed by atoms with Crippen molar-refractivity contribution in [2.45, 2.75) is 52.9 Å². The Hall–Kier alpha value is -2.56. The molecule has 1 amide bonds. The lowest BCUT2D eigenvalue weighted by Gasteiger charge is -2.32. The first-order chi connectivity index (χ1) is 13.0. The number of fused-ring (bicyclic) bond motifs is 1. The normalized spacial score (nSPS) is 17.6. The van der Waals surface area contributed by atoms with Crippen LogP contribution in [0.4, 0.5) is 0 Å². The molecule has 1 aromatic carbocycles. The van der Waals surface area contributed by atoms with Crippen LogP contribution in [0.1, 0.15) is 64.1 Å². The summed E-state index contributed by atoms with van der Waals surface area (Å²) < 4.78 is 0. The number of aromatic amines is 2. The smallest absolute Gasteiger partial charge is 0.270 e. The first kappa shape index (κ1) is 17.8. The Morgan fingerprint density at radius 3 is 2.78 bits per heavy atom. The van der Waals surface area contributed by atoms with Crippen LogP contribution in [-0.2, 0) is 6.42 Å². The van der Waals surface area contributed by atoms with Gasteiger partial charge in [-0.25, -0.2) is 0 Å². The number of piperidine rings is 1. The second-order valence-corrected chi connectivity index (χ2v) is 7.83. The Morgan fingerprint density at radius 2 is 2.04 bits per heavy atom. The standard InChI is InChI=1S/C22H28N4O/c1-5-16-11-23-25-21(16)17-7-6-10-26(12-17)22(27)20-15(4)18-13(2)8-9-14(3)19(18)24-20/h8-9,11,17,24H,5-7,10,12H2,1-4H3,(H,23,25). The number of likely N-dealkylation sites (tertiary alicyclic amines) is 1. The molecular weight excluding hydrogens is 336 g/mol. The van der Waals surface area contributed by atoms with Crippen molar-refractivity contribution in [2.24, 2.45) is 0 Å². The van der Waals surface area contributed by atoms with Gasteiger partial charge in [0.25, 0.3) is 5.91 Å². The lowest BCUT2D eigenvalue weighted by Crippen LogP contribution is -2.39. The fourth-order valence-corrected chi connectivity index (χ4v) is 4.52. The zero-order valence-corrected chi connectivity index (χ0v) is 16.6. The molecule has 0 aliphatic carbocycles. The first-order valence-electron chi connectivity index (χ1n) is 9.91. The molecule has 5 nitrogen and oxygen atoms in total. The molecule has 0 radical (unpaired) electrons. The molecular formula is C22H28N4O. The van der Waals surface area contributed by atoms with E-state index in [0.717, 1.165) is 49.1 Å². The molecule has 1 fully saturated rings. The van der Waals surface area contributed by atoms with Gasteiger partial charge in [-0.1, -0.05) is 19.1 Å². The highest BCUT2D eigenvalue weighted by atomic mass is 16.2. The summed E-state index contributed by atoms with van der Waals surface area (Å²) in [4.78, 5) is 18.8. The molecule has 1 aliphatic rings. The van der Waals surface area contributed by atoms with Crippen LogP contribution in [0.2, 0.25) is 0 Å². The minimum absolute atomic E-state index is 0.116. The Bertz CT molecular complexity index is 997. The number of hydrogen-bond acceptors (Lipinski definition) is 2. The highest BCUT2D eigenvalue weighted by molar-refractivity contribution is 6.02. The molecule has 1 unspecified atom stereocenters. The number of aromatic nitrogens is 3. The highest BCUT2D eigenvalue weighted by Gasteiger charge is 2.29. The highest BCUT2D eigenvalue weighted by Crippen LogP contribution is 2.31. The van der Waals surface area contributed by atoms with E-state index in [1.165, 1.54) is 27.8 Å². The SMILES string of the molecule is CCc1cn[nH]c1C1CCCN(C(=O)c2[nH]c3c(C)ccc(C)c3c2C)C1. The van der Waals surface area contributed by atoms with Crippen LogP contribution in [0.3, 0.4) is 0 Å². The molecule has 4 rings (SSSR count). The molecule has 27 heavy (non-hydrogen) atoms. The van der Waals surface area contributed by atoms with Crippen LogP contribution in [0.15, 0.2) is 18.3 Å². The molecule has 5 heteroatoms. The van der Waals surface area contributed by atoms with E-state index < -0.39 is 0 Å². The van der Waals surface area contributed by atoms with Gasteiger partial charge in [0.15, 0.2) is 0 Å². The molecule has 1 aliphatic heterocycles. The maximum Gasteiger partial charge on any atom is 0.270 e. The van der Waals surface area contributed by atoms with E-state index in [2.05, 4.69) is 55.0 Å². The van der Waals surface area contributed by atoms with E-state index in [1.807, 2.05) is 11.1 Å². The quantitative estimate of drug-likeness (QED) is 0.723. The van der Waals surface area contributed by atoms with E-state index in [0.29, 0.717) is 5.92 Å². The van der Waals surface area contributed by atoms with Gasteiger partial charge in [-0.2, -0.15) is 5.10 Å². The van der Waals surface area contributed by atoms with Gasteiger partial charge in [0, 0.05) is 35.6 Å². The Morgan fingerprint density at radius 1 is 1.26 bits per heavy atom. The lowest BCUT2D eigenvalue weighted by atomic mass is 9.91. The number of benzene rings is 1. The maximum absolute atomic E-state index is 13.4. The van der Waals surface area contributed by atoms with Gasteiger partial charge in [-0.3, -0.25) is 9.89 Å². The Labute approximate surface area is 160 Å². The number of nitrogens with one attached hydrogen (secondary N) is 2. The Kier molecular flexibility index (Phi) is 4.54. The van der Waals surface area contributed by atoms with Crippen molar-refractivity contribution in [3.05, 3.63) is 52.0 Å². The third-order valence-corrected chi connectivity index (χ3v) is 6.08. The summed E-state index contributed by atoms with van der Waals surface area (Å²) in [7, 11) is 0. The second-order valence-electron chi connectivity index (χ2n) is 7.83. The van der Waals surface area contributed by atoms with Gasteiger partial charge in [0.2, 0.25) is 0 Å². The molecule has 3 heterocycles. The van der Waals surface area contributed by atoms with Crippen LogP contribution in [0, 0.1) is 20.8 Å². The van der Waals surface area contributed by atoms with Crippen molar-refractivity contribution in [3.63, 3.8) is 0 Å². The number of aryl methyl sites for hydroxylation is 4. The van der Waals surface area contributed by atoms with Crippen LogP contribution in [0.5, 0.6) is 0 Å². The van der Waals surface area contributed by atoms with Gasteiger partial charge < -0.3 is 9.88 Å². The molecule has 2 N–H and O–H groups in total. The number of carbonyl (C=O) groups excluding carboxylic acids is 1. The van der Waals surface area contributed by atoms with E-state index >= 15 is 0 Å². The summed E-state index contributed by atoms with van der Waals surface area (Å²) in [6.45, 7) is 9.98. The summed E-state index contributed by atoms with van der Waals surface area (Å²) in [5.41, 5.74) is 7.76. The van der Waals surface area contributed by atoms with E-state index in [1.54, 1.807) is 0 Å². The predicted octanol–water partition coefficient (Wildman–Crippen LogP) is 4.40. The molecule has 0 spiro atoms. The number of carbonyl (C=O) groups is 1. The fourth-order valence-electron chi connectivity index (χ4n) is 4.52. The molecule has 0 bridgehead atoms. The molecule has 1 atom stereocenters. The maximum atomic E-state index is 13.4. The van der Waals surface area contributed by atoms with Crippen molar-refractivity contribution in [3.8, 4) is 0 Å². The third kappa shape index (κ3) is 2.95. The van der Waals surface area contributed by atoms with E-state index in [4.69, 9.17) is 0 Å². The summed E-state index contributed by atoms with van der Waals surface area (Å²) in [5, 5.41) is 8.59. The molecule has 0 saturated carbocycles. The zero-order chi connectivity index (χ0) is 19.1. The average molecular weight is 364 g/mol. The summed E-state index contributed by atoms with van der Waals surface area (Å²) in [5.74, 6) is 0.457. The molecule has 2 aromatic heterocycles. The number of hydrogen-bond donors (Lipinski definition) is 2. The van der Waals surface area contributed by atoms with Gasteiger partial charge >= 0.3 is 0 Å². The van der Waals surface area contributed by atoms with E-state index in [-0.39, 0.29) is 5.91 Å². The van der Waals surface area contributed by atoms with Crippen LogP contribution in [-0.4, -0.2) is 39.1 Å². The number of rotatable bonds is 3. The molecule has 3 aromatic rings.